The van der Waals surface area contributed by atoms with Crippen LogP contribution in [0.4, 0.5) is 0 Å². The lowest BCUT2D eigenvalue weighted by molar-refractivity contribution is 0.625. The van der Waals surface area contributed by atoms with Gasteiger partial charge in [-0.15, -0.1) is 0 Å². The van der Waals surface area contributed by atoms with E-state index < -0.39 is 0 Å². The third-order valence-corrected chi connectivity index (χ3v) is 2.87. The van der Waals surface area contributed by atoms with Crippen LogP contribution in [0.1, 0.15) is 30.9 Å². The summed E-state index contributed by atoms with van der Waals surface area (Å²) in [5.74, 6) is 1.21. The zero-order valence-electron chi connectivity index (χ0n) is 11.2. The van der Waals surface area contributed by atoms with Crippen LogP contribution in [0.15, 0.2) is 12.1 Å². The molecule has 0 saturated heterocycles. The van der Waals surface area contributed by atoms with E-state index in [2.05, 4.69) is 28.9 Å². The van der Waals surface area contributed by atoms with E-state index in [0.29, 0.717) is 11.9 Å². The molecule has 0 spiro atoms. The second-order valence-corrected chi connectivity index (χ2v) is 5.42. The smallest absolute Gasteiger partial charge is 0.250 e. The molecule has 0 atom stereocenters. The highest BCUT2D eigenvalue weighted by molar-refractivity contribution is 7.71. The van der Waals surface area contributed by atoms with Crippen LogP contribution in [0.3, 0.4) is 0 Å². The largest absolute Gasteiger partial charge is 0.294 e. The van der Waals surface area contributed by atoms with Crippen molar-refractivity contribution in [2.75, 3.05) is 0 Å². The second-order valence-electron chi connectivity index (χ2n) is 5.00. The Bertz CT molecular complexity index is 589. The molecule has 0 saturated carbocycles. The fourth-order valence-corrected chi connectivity index (χ4v) is 2.21. The first-order chi connectivity index (χ1) is 8.45. The van der Waals surface area contributed by atoms with Crippen molar-refractivity contribution in [1.29, 1.82) is 0 Å². The molecule has 2 heterocycles. The Morgan fingerprint density at radius 3 is 2.39 bits per heavy atom. The van der Waals surface area contributed by atoms with Crippen molar-refractivity contribution >= 4 is 12.2 Å². The predicted octanol–water partition coefficient (Wildman–Crippen LogP) is 3.14. The van der Waals surface area contributed by atoms with Crippen molar-refractivity contribution in [3.63, 3.8) is 0 Å². The summed E-state index contributed by atoms with van der Waals surface area (Å²) < 4.78 is 2.49. The molecule has 4 nitrogen and oxygen atoms in total. The van der Waals surface area contributed by atoms with E-state index in [9.17, 15) is 0 Å². The van der Waals surface area contributed by atoms with E-state index in [1.54, 1.807) is 4.68 Å². The first-order valence-corrected chi connectivity index (χ1v) is 6.50. The van der Waals surface area contributed by atoms with E-state index >= 15 is 0 Å². The molecule has 0 radical (unpaired) electrons. The summed E-state index contributed by atoms with van der Waals surface area (Å²) in [6, 6.07) is 3.93. The van der Waals surface area contributed by atoms with E-state index in [1.165, 1.54) is 0 Å². The average Bonchev–Trinajstić information content (AvgIpc) is 2.56. The van der Waals surface area contributed by atoms with Gasteiger partial charge in [-0.05, 0) is 38.3 Å². The number of nitrogens with one attached hydrogen (secondary N) is 1. The van der Waals surface area contributed by atoms with Crippen LogP contribution in [-0.2, 0) is 6.42 Å². The Balaban J connectivity index is 2.44. The number of H-pyrrole nitrogens is 1. The maximum Gasteiger partial charge on any atom is 0.250 e. The van der Waals surface area contributed by atoms with Crippen LogP contribution < -0.4 is 0 Å². The quantitative estimate of drug-likeness (QED) is 0.864. The van der Waals surface area contributed by atoms with Crippen molar-refractivity contribution < 1.29 is 0 Å². The molecule has 96 valence electrons. The van der Waals surface area contributed by atoms with Gasteiger partial charge in [-0.25, -0.2) is 14.6 Å². The van der Waals surface area contributed by atoms with Crippen LogP contribution in [-0.4, -0.2) is 19.7 Å². The fraction of sp³-hybridized carbons (Fsp3) is 0.462. The SMILES string of the molecule is Cc1cc(C)nc(-n2[nH]c(CC(C)C)cc2=S)n1. The molecule has 0 bridgehead atoms. The predicted molar refractivity (Wildman–Crippen MR) is 74.6 cm³/mol. The lowest BCUT2D eigenvalue weighted by Crippen LogP contribution is -2.06. The van der Waals surface area contributed by atoms with Gasteiger partial charge in [-0.2, -0.15) is 0 Å². The van der Waals surface area contributed by atoms with Crippen LogP contribution in [0.5, 0.6) is 0 Å². The van der Waals surface area contributed by atoms with Crippen LogP contribution >= 0.6 is 12.2 Å². The van der Waals surface area contributed by atoms with Crippen molar-refractivity contribution in [1.82, 2.24) is 19.7 Å². The van der Waals surface area contributed by atoms with E-state index in [0.717, 1.165) is 28.1 Å². The number of nitrogens with zero attached hydrogens (tertiary/aromatic N) is 3. The average molecular weight is 262 g/mol. The van der Waals surface area contributed by atoms with Gasteiger partial charge < -0.3 is 0 Å². The highest BCUT2D eigenvalue weighted by atomic mass is 32.1. The molecule has 2 aromatic rings. The first kappa shape index (κ1) is 13.0. The number of rotatable bonds is 3. The Labute approximate surface area is 112 Å². The summed E-state index contributed by atoms with van der Waals surface area (Å²) in [6.45, 7) is 8.28. The van der Waals surface area contributed by atoms with Gasteiger partial charge in [-0.3, -0.25) is 5.10 Å². The molecule has 0 aromatic carbocycles. The molecule has 0 unspecified atom stereocenters. The minimum Gasteiger partial charge on any atom is -0.294 e. The Hall–Kier alpha value is -1.49. The second kappa shape index (κ2) is 5.02. The summed E-state index contributed by atoms with van der Waals surface area (Å²) in [5.41, 5.74) is 3.01. The van der Waals surface area contributed by atoms with Crippen LogP contribution in [0.2, 0.25) is 0 Å². The van der Waals surface area contributed by atoms with Gasteiger partial charge in [0.2, 0.25) is 0 Å². The standard InChI is InChI=1S/C13H18N4S/c1-8(2)5-11-7-12(18)17(16-11)13-14-9(3)6-10(4)15-13/h6-8,16H,5H2,1-4H3. The van der Waals surface area contributed by atoms with E-state index in [-0.39, 0.29) is 0 Å². The van der Waals surface area contributed by atoms with Crippen molar-refractivity contribution in [3.05, 3.63) is 33.9 Å². The molecule has 2 aromatic heterocycles. The van der Waals surface area contributed by atoms with Crippen LogP contribution in [0, 0.1) is 24.4 Å². The number of aromatic amines is 1. The number of aromatic nitrogens is 4. The van der Waals surface area contributed by atoms with Gasteiger partial charge in [0.15, 0.2) is 0 Å². The molecule has 2 rings (SSSR count). The molecule has 5 heteroatoms. The Morgan fingerprint density at radius 1 is 1.22 bits per heavy atom. The molecule has 18 heavy (non-hydrogen) atoms. The maximum absolute atomic E-state index is 5.35. The lowest BCUT2D eigenvalue weighted by Gasteiger charge is -2.05. The summed E-state index contributed by atoms with van der Waals surface area (Å²) in [5, 5.41) is 3.27. The molecule has 0 amide bonds. The normalized spacial score (nSPS) is 11.2. The molecule has 0 aliphatic rings. The number of hydrogen-bond acceptors (Lipinski definition) is 3. The zero-order chi connectivity index (χ0) is 13.3. The summed E-state index contributed by atoms with van der Waals surface area (Å²) in [6.07, 6.45) is 0.974. The molecular formula is C13H18N4S. The minimum atomic E-state index is 0.590. The van der Waals surface area contributed by atoms with Gasteiger partial charge in [0, 0.05) is 17.1 Å². The highest BCUT2D eigenvalue weighted by Gasteiger charge is 2.07. The molecule has 0 aliphatic heterocycles. The van der Waals surface area contributed by atoms with Crippen molar-refractivity contribution in [2.45, 2.75) is 34.1 Å². The van der Waals surface area contributed by atoms with Crippen LogP contribution in [0.25, 0.3) is 5.95 Å². The Kier molecular flexibility index (Phi) is 3.61. The van der Waals surface area contributed by atoms with Gasteiger partial charge >= 0.3 is 0 Å². The van der Waals surface area contributed by atoms with Gasteiger partial charge in [0.05, 0.1) is 0 Å². The van der Waals surface area contributed by atoms with E-state index in [1.807, 2.05) is 26.0 Å². The number of aryl methyl sites for hydroxylation is 2. The molecule has 1 N–H and O–H groups in total. The maximum atomic E-state index is 5.35. The third-order valence-electron chi connectivity index (χ3n) is 2.57. The number of hydrogen-bond donors (Lipinski definition) is 1. The zero-order valence-corrected chi connectivity index (χ0v) is 12.0. The molecular weight excluding hydrogens is 244 g/mol. The molecule has 0 aliphatic carbocycles. The molecule has 0 fully saturated rings. The van der Waals surface area contributed by atoms with E-state index in [4.69, 9.17) is 12.2 Å². The fourth-order valence-electron chi connectivity index (χ4n) is 1.94. The van der Waals surface area contributed by atoms with Gasteiger partial charge in [0.25, 0.3) is 5.95 Å². The monoisotopic (exact) mass is 262 g/mol. The third kappa shape index (κ3) is 2.85. The van der Waals surface area contributed by atoms with Gasteiger partial charge in [-0.1, -0.05) is 26.1 Å². The topological polar surface area (TPSA) is 46.5 Å². The summed E-state index contributed by atoms with van der Waals surface area (Å²) in [7, 11) is 0. The van der Waals surface area contributed by atoms with Gasteiger partial charge in [0.1, 0.15) is 4.64 Å². The Morgan fingerprint density at radius 2 is 1.83 bits per heavy atom. The summed E-state index contributed by atoms with van der Waals surface area (Å²) >= 11 is 5.35. The minimum absolute atomic E-state index is 0.590. The van der Waals surface area contributed by atoms with Crippen molar-refractivity contribution in [2.24, 2.45) is 5.92 Å². The first-order valence-electron chi connectivity index (χ1n) is 6.09. The lowest BCUT2D eigenvalue weighted by atomic mass is 10.1. The summed E-state index contributed by atoms with van der Waals surface area (Å²) in [4.78, 5) is 8.82. The highest BCUT2D eigenvalue weighted by Crippen LogP contribution is 2.10. The van der Waals surface area contributed by atoms with Crippen molar-refractivity contribution in [3.8, 4) is 5.95 Å².